The zero-order chi connectivity index (χ0) is 13.2. The van der Waals surface area contributed by atoms with E-state index in [1.807, 2.05) is 0 Å². The van der Waals surface area contributed by atoms with Crippen molar-refractivity contribution >= 4 is 39.0 Å². The summed E-state index contributed by atoms with van der Waals surface area (Å²) in [6, 6.07) is 0.597. The van der Waals surface area contributed by atoms with E-state index < -0.39 is 0 Å². The van der Waals surface area contributed by atoms with Crippen molar-refractivity contribution < 1.29 is 0 Å². The Labute approximate surface area is 122 Å². The zero-order valence-electron chi connectivity index (χ0n) is 11.1. The van der Waals surface area contributed by atoms with Crippen molar-refractivity contribution in [2.24, 2.45) is 0 Å². The van der Waals surface area contributed by atoms with Crippen molar-refractivity contribution in [1.29, 1.82) is 0 Å². The summed E-state index contributed by atoms with van der Waals surface area (Å²) in [7, 11) is 0. The molecule has 19 heavy (non-hydrogen) atoms. The van der Waals surface area contributed by atoms with Gasteiger partial charge in [-0.2, -0.15) is 0 Å². The van der Waals surface area contributed by atoms with Gasteiger partial charge in [-0.25, -0.2) is 9.97 Å². The maximum Gasteiger partial charge on any atom is 0.150 e. The van der Waals surface area contributed by atoms with Crippen molar-refractivity contribution in [3.63, 3.8) is 0 Å². The molecule has 2 heterocycles. The maximum atomic E-state index is 6.00. The van der Waals surface area contributed by atoms with Crippen LogP contribution in [0.15, 0.2) is 11.7 Å². The largest absolute Gasteiger partial charge is 0.351 e. The molecule has 5 heteroatoms. The van der Waals surface area contributed by atoms with E-state index in [-0.39, 0.29) is 0 Å². The Balaban J connectivity index is 2.03. The zero-order valence-corrected chi connectivity index (χ0v) is 12.7. The van der Waals surface area contributed by atoms with Crippen LogP contribution in [0.4, 0.5) is 5.82 Å². The molecule has 3 nitrogen and oxygen atoms in total. The first-order valence-electron chi connectivity index (χ1n) is 6.82. The summed E-state index contributed by atoms with van der Waals surface area (Å²) in [5.41, 5.74) is 2.33. The molecular formula is C14H18ClN3S. The average molecular weight is 296 g/mol. The molecule has 0 saturated heterocycles. The summed E-state index contributed by atoms with van der Waals surface area (Å²) < 4.78 is 1.21. The van der Waals surface area contributed by atoms with Gasteiger partial charge in [0.2, 0.25) is 0 Å². The molecule has 2 aromatic rings. The van der Waals surface area contributed by atoms with Gasteiger partial charge >= 0.3 is 0 Å². The summed E-state index contributed by atoms with van der Waals surface area (Å²) in [6.07, 6.45) is 6.84. The van der Waals surface area contributed by atoms with Crippen molar-refractivity contribution in [1.82, 2.24) is 9.97 Å². The standard InChI is InChI=1S/C14H18ClN3S/c1-10-8-19-13-12(10)16-9-17-14(13)18(7-6-15)11-4-2-3-5-11/h8-9,11H,2-7H2,1H3. The van der Waals surface area contributed by atoms with Gasteiger partial charge in [-0.3, -0.25) is 0 Å². The Hall–Kier alpha value is -0.870. The van der Waals surface area contributed by atoms with Gasteiger partial charge in [0.1, 0.15) is 12.1 Å². The third-order valence-corrected chi connectivity index (χ3v) is 5.13. The van der Waals surface area contributed by atoms with Gasteiger partial charge in [-0.15, -0.1) is 22.9 Å². The highest BCUT2D eigenvalue weighted by molar-refractivity contribution is 7.18. The minimum Gasteiger partial charge on any atom is -0.351 e. The van der Waals surface area contributed by atoms with E-state index in [0.29, 0.717) is 11.9 Å². The van der Waals surface area contributed by atoms with Gasteiger partial charge in [-0.1, -0.05) is 12.8 Å². The first kappa shape index (κ1) is 13.1. The molecular weight excluding hydrogens is 278 g/mol. The fourth-order valence-electron chi connectivity index (χ4n) is 2.93. The first-order chi connectivity index (χ1) is 9.31. The number of nitrogens with zero attached hydrogens (tertiary/aromatic N) is 3. The van der Waals surface area contributed by atoms with Gasteiger partial charge in [0.15, 0.2) is 0 Å². The molecule has 1 fully saturated rings. The summed E-state index contributed by atoms with van der Waals surface area (Å²) in [5, 5.41) is 2.16. The number of aromatic nitrogens is 2. The summed E-state index contributed by atoms with van der Waals surface area (Å²) in [4.78, 5) is 11.4. The second-order valence-corrected chi connectivity index (χ2v) is 6.37. The number of anilines is 1. The number of halogens is 1. The highest BCUT2D eigenvalue weighted by atomic mass is 35.5. The fraction of sp³-hybridized carbons (Fsp3) is 0.571. The van der Waals surface area contributed by atoms with Crippen molar-refractivity contribution in [3.8, 4) is 0 Å². The topological polar surface area (TPSA) is 29.0 Å². The lowest BCUT2D eigenvalue weighted by atomic mass is 10.2. The van der Waals surface area contributed by atoms with Crippen LogP contribution < -0.4 is 4.90 Å². The highest BCUT2D eigenvalue weighted by Gasteiger charge is 2.25. The maximum absolute atomic E-state index is 6.00. The van der Waals surface area contributed by atoms with Crippen molar-refractivity contribution in [2.45, 2.75) is 38.6 Å². The monoisotopic (exact) mass is 295 g/mol. The first-order valence-corrected chi connectivity index (χ1v) is 8.24. The number of aryl methyl sites for hydroxylation is 1. The molecule has 0 unspecified atom stereocenters. The minimum atomic E-state index is 0.597. The molecule has 0 amide bonds. The van der Waals surface area contributed by atoms with Crippen molar-refractivity contribution in [2.75, 3.05) is 17.3 Å². The summed E-state index contributed by atoms with van der Waals surface area (Å²) >= 11 is 7.74. The van der Waals surface area contributed by atoms with Crippen LogP contribution in [0.2, 0.25) is 0 Å². The van der Waals surface area contributed by atoms with Crippen LogP contribution in [0.5, 0.6) is 0 Å². The smallest absolute Gasteiger partial charge is 0.150 e. The Morgan fingerprint density at radius 2 is 2.16 bits per heavy atom. The molecule has 3 rings (SSSR count). The second-order valence-electron chi connectivity index (χ2n) is 5.11. The molecule has 0 radical (unpaired) electrons. The van der Waals surface area contributed by atoms with Crippen molar-refractivity contribution in [3.05, 3.63) is 17.3 Å². The Morgan fingerprint density at radius 1 is 1.37 bits per heavy atom. The minimum absolute atomic E-state index is 0.597. The lowest BCUT2D eigenvalue weighted by molar-refractivity contribution is 0.616. The van der Waals surface area contributed by atoms with E-state index in [1.165, 1.54) is 35.9 Å². The molecule has 0 atom stereocenters. The third-order valence-electron chi connectivity index (χ3n) is 3.88. The second kappa shape index (κ2) is 5.63. The third kappa shape index (κ3) is 2.43. The van der Waals surface area contributed by atoms with Gasteiger partial charge in [0, 0.05) is 18.5 Å². The van der Waals surface area contributed by atoms with Crippen LogP contribution in [-0.2, 0) is 0 Å². The van der Waals surface area contributed by atoms with E-state index in [9.17, 15) is 0 Å². The van der Waals surface area contributed by atoms with Crippen LogP contribution in [0.25, 0.3) is 10.2 Å². The van der Waals surface area contributed by atoms with Crippen LogP contribution in [0, 0.1) is 6.92 Å². The molecule has 2 aromatic heterocycles. The van der Waals surface area contributed by atoms with E-state index in [2.05, 4.69) is 27.2 Å². The van der Waals surface area contributed by atoms with E-state index >= 15 is 0 Å². The Kier molecular flexibility index (Phi) is 3.89. The molecule has 0 N–H and O–H groups in total. The molecule has 0 aromatic carbocycles. The van der Waals surface area contributed by atoms with Crippen LogP contribution in [0.3, 0.4) is 0 Å². The normalized spacial score (nSPS) is 16.3. The van der Waals surface area contributed by atoms with Gasteiger partial charge < -0.3 is 4.90 Å². The van der Waals surface area contributed by atoms with Crippen LogP contribution in [-0.4, -0.2) is 28.4 Å². The Morgan fingerprint density at radius 3 is 2.89 bits per heavy atom. The molecule has 1 saturated carbocycles. The molecule has 1 aliphatic carbocycles. The number of fused-ring (bicyclic) bond motifs is 1. The van der Waals surface area contributed by atoms with Crippen LogP contribution >= 0.6 is 22.9 Å². The predicted octanol–water partition coefficient (Wildman–Crippen LogP) is 3.99. The number of thiophene rings is 1. The quantitative estimate of drug-likeness (QED) is 0.799. The number of rotatable bonds is 4. The van der Waals surface area contributed by atoms with E-state index in [4.69, 9.17) is 11.6 Å². The molecule has 0 spiro atoms. The molecule has 0 aliphatic heterocycles. The van der Waals surface area contributed by atoms with Gasteiger partial charge in [0.25, 0.3) is 0 Å². The van der Waals surface area contributed by atoms with E-state index in [0.717, 1.165) is 17.9 Å². The summed E-state index contributed by atoms with van der Waals surface area (Å²) in [5.74, 6) is 1.72. The number of alkyl halides is 1. The van der Waals surface area contributed by atoms with Gasteiger partial charge in [0.05, 0.1) is 10.2 Å². The lowest BCUT2D eigenvalue weighted by Gasteiger charge is -2.29. The van der Waals surface area contributed by atoms with Crippen LogP contribution in [0.1, 0.15) is 31.2 Å². The predicted molar refractivity (Wildman–Crippen MR) is 82.5 cm³/mol. The average Bonchev–Trinajstić information content (AvgIpc) is 3.06. The number of hydrogen-bond donors (Lipinski definition) is 0. The highest BCUT2D eigenvalue weighted by Crippen LogP contribution is 2.34. The number of hydrogen-bond acceptors (Lipinski definition) is 4. The SMILES string of the molecule is Cc1csc2c(N(CCCl)C3CCCC3)ncnc12. The molecule has 0 bridgehead atoms. The van der Waals surface area contributed by atoms with Gasteiger partial charge in [-0.05, 0) is 30.7 Å². The summed E-state index contributed by atoms with van der Waals surface area (Å²) in [6.45, 7) is 2.98. The Bertz CT molecular complexity index is 563. The molecule has 102 valence electrons. The molecule has 1 aliphatic rings. The fourth-order valence-corrected chi connectivity index (χ4v) is 4.12. The van der Waals surface area contributed by atoms with E-state index in [1.54, 1.807) is 17.7 Å². The lowest BCUT2D eigenvalue weighted by Crippen LogP contribution is -2.35.